The molecule has 0 radical (unpaired) electrons. The minimum atomic E-state index is -0.586. The van der Waals surface area contributed by atoms with Gasteiger partial charge >= 0.3 is 5.97 Å². The Morgan fingerprint density at radius 1 is 1.12 bits per heavy atom. The lowest BCUT2D eigenvalue weighted by molar-refractivity contribution is 0.0595. The second kappa shape index (κ2) is 4.65. The zero-order chi connectivity index (χ0) is 13.3. The summed E-state index contributed by atoms with van der Waals surface area (Å²) in [7, 11) is 1.27. The molecule has 0 atom stereocenters. The van der Waals surface area contributed by atoms with Crippen molar-refractivity contribution >= 4 is 5.97 Å². The molecule has 94 valence electrons. The molecule has 1 aromatic carbocycles. The number of aromatic hydroxyl groups is 2. The zero-order valence-corrected chi connectivity index (χ0v) is 10.8. The summed E-state index contributed by atoms with van der Waals surface area (Å²) < 4.78 is 4.68. The molecule has 0 saturated heterocycles. The van der Waals surface area contributed by atoms with E-state index in [2.05, 4.69) is 4.74 Å². The third kappa shape index (κ3) is 2.07. The molecule has 2 N–H and O–H groups in total. The summed E-state index contributed by atoms with van der Waals surface area (Å²) in [5.74, 6) is -0.763. The third-order valence-electron chi connectivity index (χ3n) is 2.94. The Kier molecular flexibility index (Phi) is 3.66. The molecule has 1 rings (SSSR count). The van der Waals surface area contributed by atoms with Gasteiger partial charge in [0.2, 0.25) is 0 Å². The zero-order valence-electron chi connectivity index (χ0n) is 10.8. The summed E-state index contributed by atoms with van der Waals surface area (Å²) in [6.07, 6.45) is 0. The van der Waals surface area contributed by atoms with Gasteiger partial charge in [-0.15, -0.1) is 0 Å². The van der Waals surface area contributed by atoms with Crippen LogP contribution in [0.1, 0.15) is 46.8 Å². The van der Waals surface area contributed by atoms with Crippen LogP contribution >= 0.6 is 0 Å². The Morgan fingerprint density at radius 3 is 2.06 bits per heavy atom. The van der Waals surface area contributed by atoms with E-state index in [1.54, 1.807) is 13.8 Å². The first-order chi connectivity index (χ1) is 7.82. The Balaban J connectivity index is 3.72. The summed E-state index contributed by atoms with van der Waals surface area (Å²) in [6, 6.07) is 0. The largest absolute Gasteiger partial charge is 0.507 e. The Labute approximate surface area is 101 Å². The minimum absolute atomic E-state index is 0.00139. The number of hydrogen-bond acceptors (Lipinski definition) is 4. The van der Waals surface area contributed by atoms with E-state index >= 15 is 0 Å². The van der Waals surface area contributed by atoms with Gasteiger partial charge in [-0.25, -0.2) is 4.79 Å². The van der Waals surface area contributed by atoms with Crippen molar-refractivity contribution in [2.24, 2.45) is 0 Å². The number of rotatable bonds is 2. The average Bonchev–Trinajstić information content (AvgIpc) is 2.29. The number of phenolic OH excluding ortho intramolecular Hbond substituents is 2. The molecule has 17 heavy (non-hydrogen) atoms. The van der Waals surface area contributed by atoms with E-state index < -0.39 is 5.97 Å². The molecule has 0 amide bonds. The maximum atomic E-state index is 11.7. The number of ether oxygens (including phenoxy) is 1. The van der Waals surface area contributed by atoms with Crippen LogP contribution in [-0.4, -0.2) is 23.3 Å². The molecule has 0 heterocycles. The maximum Gasteiger partial charge on any atom is 0.341 e. The first kappa shape index (κ1) is 13.4. The van der Waals surface area contributed by atoms with E-state index in [1.807, 2.05) is 13.8 Å². The van der Waals surface area contributed by atoms with Gasteiger partial charge < -0.3 is 14.9 Å². The van der Waals surface area contributed by atoms with Crippen molar-refractivity contribution < 1.29 is 19.7 Å². The van der Waals surface area contributed by atoms with Crippen LogP contribution in [0.25, 0.3) is 0 Å². The quantitative estimate of drug-likeness (QED) is 0.777. The predicted octanol–water partition coefficient (Wildman–Crippen LogP) is 2.62. The average molecular weight is 238 g/mol. The highest BCUT2D eigenvalue weighted by atomic mass is 16.5. The molecule has 0 aliphatic carbocycles. The highest BCUT2D eigenvalue weighted by molar-refractivity contribution is 5.96. The van der Waals surface area contributed by atoms with Crippen molar-refractivity contribution in [1.82, 2.24) is 0 Å². The number of carbonyl (C=O) groups excluding carboxylic acids is 1. The van der Waals surface area contributed by atoms with Gasteiger partial charge in [0.15, 0.2) is 0 Å². The summed E-state index contributed by atoms with van der Waals surface area (Å²) in [4.78, 5) is 11.7. The van der Waals surface area contributed by atoms with Gasteiger partial charge in [-0.3, -0.25) is 0 Å². The van der Waals surface area contributed by atoms with Crippen LogP contribution in [0.15, 0.2) is 0 Å². The molecule has 4 heteroatoms. The number of methoxy groups -OCH3 is 1. The number of hydrogen-bond donors (Lipinski definition) is 2. The molecule has 1 aromatic rings. The number of phenols is 2. The SMILES string of the molecule is COC(=O)c1c(O)c(C)c(O)c(C)c1C(C)C. The molecular weight excluding hydrogens is 220 g/mol. The molecule has 4 nitrogen and oxygen atoms in total. The van der Waals surface area contributed by atoms with Crippen LogP contribution in [0.4, 0.5) is 0 Å². The van der Waals surface area contributed by atoms with Crippen LogP contribution in [0, 0.1) is 13.8 Å². The fourth-order valence-electron chi connectivity index (χ4n) is 2.05. The van der Waals surface area contributed by atoms with Gasteiger partial charge in [0.25, 0.3) is 0 Å². The van der Waals surface area contributed by atoms with Gasteiger partial charge in [-0.05, 0) is 30.9 Å². The lowest BCUT2D eigenvalue weighted by Gasteiger charge is -2.19. The molecule has 0 spiro atoms. The van der Waals surface area contributed by atoms with Gasteiger partial charge in [-0.2, -0.15) is 0 Å². The van der Waals surface area contributed by atoms with Crippen LogP contribution in [0.3, 0.4) is 0 Å². The summed E-state index contributed by atoms with van der Waals surface area (Å²) in [5.41, 5.74) is 1.68. The highest BCUT2D eigenvalue weighted by Crippen LogP contribution is 2.40. The monoisotopic (exact) mass is 238 g/mol. The third-order valence-corrected chi connectivity index (χ3v) is 2.94. The lowest BCUT2D eigenvalue weighted by atomic mass is 9.89. The van der Waals surface area contributed by atoms with Crippen LogP contribution < -0.4 is 0 Å². The first-order valence-electron chi connectivity index (χ1n) is 5.46. The minimum Gasteiger partial charge on any atom is -0.507 e. The van der Waals surface area contributed by atoms with Gasteiger partial charge in [0.05, 0.1) is 7.11 Å². The maximum absolute atomic E-state index is 11.7. The molecule has 0 bridgehead atoms. The van der Waals surface area contributed by atoms with Crippen molar-refractivity contribution in [1.29, 1.82) is 0 Å². The lowest BCUT2D eigenvalue weighted by Crippen LogP contribution is -2.10. The van der Waals surface area contributed by atoms with Gasteiger partial charge in [-0.1, -0.05) is 13.8 Å². The summed E-state index contributed by atoms with van der Waals surface area (Å²) >= 11 is 0. The van der Waals surface area contributed by atoms with E-state index in [-0.39, 0.29) is 23.0 Å². The highest BCUT2D eigenvalue weighted by Gasteiger charge is 2.25. The Morgan fingerprint density at radius 2 is 1.65 bits per heavy atom. The predicted molar refractivity (Wildman–Crippen MR) is 64.7 cm³/mol. The second-order valence-corrected chi connectivity index (χ2v) is 4.38. The van der Waals surface area contributed by atoms with E-state index in [1.165, 1.54) is 7.11 Å². The summed E-state index contributed by atoms with van der Waals surface area (Å²) in [5, 5.41) is 19.9. The van der Waals surface area contributed by atoms with Crippen LogP contribution in [0.5, 0.6) is 11.5 Å². The smallest absolute Gasteiger partial charge is 0.341 e. The van der Waals surface area contributed by atoms with Gasteiger partial charge in [0.1, 0.15) is 17.1 Å². The fraction of sp³-hybridized carbons (Fsp3) is 0.462. The molecule has 0 saturated carbocycles. The van der Waals surface area contributed by atoms with Crippen molar-refractivity contribution in [3.8, 4) is 11.5 Å². The van der Waals surface area contributed by atoms with E-state index in [0.29, 0.717) is 16.7 Å². The van der Waals surface area contributed by atoms with Crippen LogP contribution in [-0.2, 0) is 4.74 Å². The number of benzene rings is 1. The Hall–Kier alpha value is -1.71. The van der Waals surface area contributed by atoms with E-state index in [4.69, 9.17) is 0 Å². The number of esters is 1. The molecule has 0 fully saturated rings. The first-order valence-corrected chi connectivity index (χ1v) is 5.46. The van der Waals surface area contributed by atoms with Crippen molar-refractivity contribution in [2.75, 3.05) is 7.11 Å². The molecule has 0 aliphatic heterocycles. The number of carbonyl (C=O) groups is 1. The van der Waals surface area contributed by atoms with Gasteiger partial charge in [0, 0.05) is 5.56 Å². The summed E-state index contributed by atoms with van der Waals surface area (Å²) in [6.45, 7) is 7.07. The standard InChI is InChI=1S/C13H18O4/c1-6(2)9-7(3)11(14)8(4)12(15)10(9)13(16)17-5/h6,14-15H,1-5H3. The van der Waals surface area contributed by atoms with Crippen LogP contribution in [0.2, 0.25) is 0 Å². The van der Waals surface area contributed by atoms with Crippen molar-refractivity contribution in [2.45, 2.75) is 33.6 Å². The van der Waals surface area contributed by atoms with Crippen molar-refractivity contribution in [3.63, 3.8) is 0 Å². The topological polar surface area (TPSA) is 66.8 Å². The second-order valence-electron chi connectivity index (χ2n) is 4.38. The normalized spacial score (nSPS) is 10.7. The molecule has 0 aromatic heterocycles. The molecule has 0 unspecified atom stereocenters. The Bertz CT molecular complexity index is 461. The van der Waals surface area contributed by atoms with E-state index in [0.717, 1.165) is 0 Å². The molecular formula is C13H18O4. The fourth-order valence-corrected chi connectivity index (χ4v) is 2.05. The van der Waals surface area contributed by atoms with Crippen molar-refractivity contribution in [3.05, 3.63) is 22.3 Å². The molecule has 0 aliphatic rings. The van der Waals surface area contributed by atoms with E-state index in [9.17, 15) is 15.0 Å².